The smallest absolute Gasteiger partial charge is 0.331 e. The first-order valence-electron chi connectivity index (χ1n) is 5.26. The first-order chi connectivity index (χ1) is 7.09. The van der Waals surface area contributed by atoms with Crippen molar-refractivity contribution >= 4 is 11.9 Å². The summed E-state index contributed by atoms with van der Waals surface area (Å²) in [5.74, 6) is -1.94. The number of rotatable bonds is 4. The Morgan fingerprint density at radius 3 is 2.20 bits per heavy atom. The highest BCUT2D eigenvalue weighted by atomic mass is 16.4. The van der Waals surface area contributed by atoms with E-state index in [2.05, 4.69) is 0 Å². The molecule has 0 aromatic heterocycles. The maximum atomic E-state index is 10.8. The van der Waals surface area contributed by atoms with Crippen molar-refractivity contribution < 1.29 is 19.8 Å². The van der Waals surface area contributed by atoms with Gasteiger partial charge in [-0.15, -0.1) is 0 Å². The quantitative estimate of drug-likeness (QED) is 0.699. The fourth-order valence-corrected chi connectivity index (χ4v) is 2.06. The molecule has 0 atom stereocenters. The van der Waals surface area contributed by atoms with Crippen LogP contribution in [0.3, 0.4) is 0 Å². The zero-order chi connectivity index (χ0) is 11.3. The molecule has 0 radical (unpaired) electrons. The molecule has 0 saturated heterocycles. The Labute approximate surface area is 88.6 Å². The van der Waals surface area contributed by atoms with Crippen LogP contribution in [0.5, 0.6) is 0 Å². The van der Waals surface area contributed by atoms with Gasteiger partial charge in [0.2, 0.25) is 0 Å². The minimum absolute atomic E-state index is 0.0226. The second-order valence-electron chi connectivity index (χ2n) is 4.02. The van der Waals surface area contributed by atoms with Crippen LogP contribution in [0.2, 0.25) is 0 Å². The second kappa shape index (κ2) is 5.53. The van der Waals surface area contributed by atoms with E-state index in [4.69, 9.17) is 10.2 Å². The van der Waals surface area contributed by atoms with Crippen molar-refractivity contribution in [2.45, 2.75) is 38.5 Å². The van der Waals surface area contributed by atoms with Gasteiger partial charge in [-0.05, 0) is 12.3 Å². The highest BCUT2D eigenvalue weighted by Crippen LogP contribution is 2.28. The van der Waals surface area contributed by atoms with E-state index in [0.717, 1.165) is 31.8 Å². The number of aliphatic carboxylic acids is 2. The minimum atomic E-state index is -1.18. The molecule has 0 spiro atoms. The molecule has 2 N–H and O–H groups in total. The van der Waals surface area contributed by atoms with E-state index in [1.807, 2.05) is 0 Å². The average molecular weight is 212 g/mol. The molecule has 15 heavy (non-hydrogen) atoms. The van der Waals surface area contributed by atoms with Gasteiger partial charge in [0.1, 0.15) is 0 Å². The van der Waals surface area contributed by atoms with E-state index in [1.165, 1.54) is 6.42 Å². The fourth-order valence-electron chi connectivity index (χ4n) is 2.06. The third kappa shape index (κ3) is 4.14. The summed E-state index contributed by atoms with van der Waals surface area (Å²) in [5.41, 5.74) is 0.0226. The first kappa shape index (κ1) is 11.8. The zero-order valence-electron chi connectivity index (χ0n) is 8.61. The minimum Gasteiger partial charge on any atom is -0.478 e. The van der Waals surface area contributed by atoms with Crippen molar-refractivity contribution in [2.75, 3.05) is 0 Å². The van der Waals surface area contributed by atoms with E-state index < -0.39 is 11.9 Å². The molecule has 1 rings (SSSR count). The van der Waals surface area contributed by atoms with Crippen LogP contribution in [0.15, 0.2) is 11.6 Å². The topological polar surface area (TPSA) is 74.6 Å². The molecule has 1 saturated carbocycles. The van der Waals surface area contributed by atoms with Gasteiger partial charge in [0.25, 0.3) is 0 Å². The van der Waals surface area contributed by atoms with E-state index >= 15 is 0 Å². The maximum absolute atomic E-state index is 10.8. The van der Waals surface area contributed by atoms with E-state index in [1.54, 1.807) is 0 Å². The molecule has 1 aliphatic rings. The van der Waals surface area contributed by atoms with E-state index in [0.29, 0.717) is 12.3 Å². The Bertz CT molecular complexity index is 274. The van der Waals surface area contributed by atoms with Crippen LogP contribution < -0.4 is 0 Å². The molecule has 0 bridgehead atoms. The number of carboxylic acids is 2. The van der Waals surface area contributed by atoms with Gasteiger partial charge in [0.05, 0.1) is 0 Å². The lowest BCUT2D eigenvalue weighted by molar-refractivity contribution is -0.135. The summed E-state index contributed by atoms with van der Waals surface area (Å²) in [7, 11) is 0. The molecule has 4 nitrogen and oxygen atoms in total. The molecule has 0 aliphatic heterocycles. The van der Waals surface area contributed by atoms with Gasteiger partial charge in [-0.3, -0.25) is 0 Å². The second-order valence-corrected chi connectivity index (χ2v) is 4.02. The Morgan fingerprint density at radius 2 is 1.73 bits per heavy atom. The van der Waals surface area contributed by atoms with Crippen molar-refractivity contribution in [3.63, 3.8) is 0 Å². The third-order valence-corrected chi connectivity index (χ3v) is 2.81. The molecule has 84 valence electrons. The van der Waals surface area contributed by atoms with Crippen LogP contribution in [0.4, 0.5) is 0 Å². The molecule has 0 unspecified atom stereocenters. The summed E-state index contributed by atoms with van der Waals surface area (Å²) >= 11 is 0. The number of hydrogen-bond acceptors (Lipinski definition) is 2. The Hall–Kier alpha value is -1.32. The van der Waals surface area contributed by atoms with Crippen LogP contribution in [-0.4, -0.2) is 22.2 Å². The van der Waals surface area contributed by atoms with Crippen LogP contribution >= 0.6 is 0 Å². The normalized spacial score (nSPS) is 18.8. The fraction of sp³-hybridized carbons (Fsp3) is 0.636. The summed E-state index contributed by atoms with van der Waals surface area (Å²) in [4.78, 5) is 21.2. The SMILES string of the molecule is O=C(O)/C=C(/CC1CCCCC1)C(=O)O. The summed E-state index contributed by atoms with van der Waals surface area (Å²) < 4.78 is 0. The average Bonchev–Trinajstić information content (AvgIpc) is 2.17. The van der Waals surface area contributed by atoms with Crippen LogP contribution in [0, 0.1) is 5.92 Å². The zero-order valence-corrected chi connectivity index (χ0v) is 8.61. The first-order valence-corrected chi connectivity index (χ1v) is 5.26. The lowest BCUT2D eigenvalue weighted by Gasteiger charge is -2.21. The van der Waals surface area contributed by atoms with Gasteiger partial charge in [0.15, 0.2) is 0 Å². The van der Waals surface area contributed by atoms with Gasteiger partial charge < -0.3 is 10.2 Å². The predicted molar refractivity (Wildman–Crippen MR) is 54.5 cm³/mol. The molecule has 0 amide bonds. The van der Waals surface area contributed by atoms with Crippen molar-refractivity contribution in [3.8, 4) is 0 Å². The third-order valence-electron chi connectivity index (χ3n) is 2.81. The Balaban J connectivity index is 2.57. The lowest BCUT2D eigenvalue weighted by atomic mass is 9.84. The summed E-state index contributed by atoms with van der Waals surface area (Å²) in [6, 6.07) is 0. The van der Waals surface area contributed by atoms with Crippen LogP contribution in [0.1, 0.15) is 38.5 Å². The summed E-state index contributed by atoms with van der Waals surface area (Å²) in [6.45, 7) is 0. The summed E-state index contributed by atoms with van der Waals surface area (Å²) in [5, 5.41) is 17.3. The number of carboxylic acid groups (broad SMARTS) is 2. The van der Waals surface area contributed by atoms with Crippen molar-refractivity contribution in [1.82, 2.24) is 0 Å². The largest absolute Gasteiger partial charge is 0.478 e. The van der Waals surface area contributed by atoms with E-state index in [-0.39, 0.29) is 5.57 Å². The predicted octanol–water partition coefficient (Wildman–Crippen LogP) is 2.05. The molecule has 0 aromatic carbocycles. The number of hydrogen-bond donors (Lipinski definition) is 2. The molecular weight excluding hydrogens is 196 g/mol. The van der Waals surface area contributed by atoms with Crippen molar-refractivity contribution in [3.05, 3.63) is 11.6 Å². The monoisotopic (exact) mass is 212 g/mol. The van der Waals surface area contributed by atoms with Crippen molar-refractivity contribution in [2.24, 2.45) is 5.92 Å². The van der Waals surface area contributed by atoms with Crippen LogP contribution in [-0.2, 0) is 9.59 Å². The Morgan fingerprint density at radius 1 is 1.13 bits per heavy atom. The molecule has 1 aliphatic carbocycles. The summed E-state index contributed by atoms with van der Waals surface area (Å²) in [6.07, 6.45) is 6.71. The van der Waals surface area contributed by atoms with Gasteiger partial charge in [-0.2, -0.15) is 0 Å². The van der Waals surface area contributed by atoms with Gasteiger partial charge >= 0.3 is 11.9 Å². The standard InChI is InChI=1S/C11H16O4/c12-10(13)7-9(11(14)15)6-8-4-2-1-3-5-8/h7-8H,1-6H2,(H,12,13)(H,14,15)/b9-7-. The molecule has 0 heterocycles. The Kier molecular flexibility index (Phi) is 4.34. The van der Waals surface area contributed by atoms with Gasteiger partial charge in [0, 0.05) is 11.6 Å². The maximum Gasteiger partial charge on any atom is 0.331 e. The molecular formula is C11H16O4. The number of carbonyl (C=O) groups is 2. The highest BCUT2D eigenvalue weighted by Gasteiger charge is 2.19. The molecule has 0 aromatic rings. The van der Waals surface area contributed by atoms with Gasteiger partial charge in [-0.25, -0.2) is 9.59 Å². The van der Waals surface area contributed by atoms with Crippen molar-refractivity contribution in [1.29, 1.82) is 0 Å². The molecule has 1 fully saturated rings. The molecule has 4 heteroatoms. The van der Waals surface area contributed by atoms with E-state index in [9.17, 15) is 9.59 Å². The highest BCUT2D eigenvalue weighted by molar-refractivity contribution is 5.94. The lowest BCUT2D eigenvalue weighted by Crippen LogP contribution is -2.12. The van der Waals surface area contributed by atoms with Gasteiger partial charge in [-0.1, -0.05) is 32.1 Å². The van der Waals surface area contributed by atoms with Crippen LogP contribution in [0.25, 0.3) is 0 Å².